The largest absolute Gasteiger partial charge is 0.491 e. The summed E-state index contributed by atoms with van der Waals surface area (Å²) in [4.78, 5) is 11.2. The Labute approximate surface area is 158 Å². The molecule has 4 rings (SSSR count). The molecule has 0 spiro atoms. The highest BCUT2D eigenvalue weighted by atomic mass is 16.5. The van der Waals surface area contributed by atoms with Gasteiger partial charge in [-0.1, -0.05) is 6.92 Å². The lowest BCUT2D eigenvalue weighted by atomic mass is 10.0. The molecule has 3 N–H and O–H groups in total. The van der Waals surface area contributed by atoms with Gasteiger partial charge < -0.3 is 15.4 Å². The van der Waals surface area contributed by atoms with Gasteiger partial charge in [0.15, 0.2) is 0 Å². The van der Waals surface area contributed by atoms with Crippen LogP contribution in [0.3, 0.4) is 0 Å². The van der Waals surface area contributed by atoms with Crippen molar-refractivity contribution < 1.29 is 4.74 Å². The third-order valence-corrected chi connectivity index (χ3v) is 5.29. The summed E-state index contributed by atoms with van der Waals surface area (Å²) in [5.74, 6) is 2.14. The molecule has 3 atom stereocenters. The zero-order valence-electron chi connectivity index (χ0n) is 16.2. The molecule has 0 aliphatic carbocycles. The van der Waals surface area contributed by atoms with Crippen molar-refractivity contribution in [2.45, 2.75) is 45.9 Å². The van der Waals surface area contributed by atoms with Gasteiger partial charge in [-0.05, 0) is 44.9 Å². The summed E-state index contributed by atoms with van der Waals surface area (Å²) >= 11 is 0. The first-order valence-electron chi connectivity index (χ1n) is 9.43. The van der Waals surface area contributed by atoms with E-state index in [1.165, 1.54) is 0 Å². The van der Waals surface area contributed by atoms with Crippen LogP contribution in [0, 0.1) is 5.92 Å². The molecule has 0 saturated carbocycles. The lowest BCUT2D eigenvalue weighted by molar-refractivity contribution is 0.243. The van der Waals surface area contributed by atoms with Gasteiger partial charge >= 0.3 is 0 Å². The molecule has 0 bridgehead atoms. The predicted molar refractivity (Wildman–Crippen MR) is 107 cm³/mol. The summed E-state index contributed by atoms with van der Waals surface area (Å²) in [5, 5.41) is 8.55. The second-order valence-corrected chi connectivity index (χ2v) is 7.66. The van der Waals surface area contributed by atoms with E-state index in [0.29, 0.717) is 5.92 Å². The lowest BCUT2D eigenvalue weighted by Crippen LogP contribution is -2.38. The van der Waals surface area contributed by atoms with Crippen molar-refractivity contribution >= 4 is 16.7 Å². The van der Waals surface area contributed by atoms with Gasteiger partial charge in [0.2, 0.25) is 0 Å². The number of aromatic nitrogens is 4. The number of ether oxygens (including phenoxy) is 1. The average molecular weight is 366 g/mol. The number of H-pyrrole nitrogens is 1. The monoisotopic (exact) mass is 366 g/mol. The van der Waals surface area contributed by atoms with Crippen LogP contribution in [0.1, 0.15) is 27.7 Å². The van der Waals surface area contributed by atoms with Crippen molar-refractivity contribution in [1.82, 2.24) is 20.2 Å². The van der Waals surface area contributed by atoms with Crippen molar-refractivity contribution in [3.63, 3.8) is 0 Å². The van der Waals surface area contributed by atoms with Crippen LogP contribution in [-0.4, -0.2) is 44.9 Å². The van der Waals surface area contributed by atoms with E-state index in [1.54, 1.807) is 6.33 Å². The average Bonchev–Trinajstić information content (AvgIpc) is 3.17. The number of fused-ring (bicyclic) bond motifs is 1. The summed E-state index contributed by atoms with van der Waals surface area (Å²) in [6.45, 7) is 9.25. The minimum atomic E-state index is 0.117. The van der Waals surface area contributed by atoms with E-state index in [9.17, 15) is 0 Å². The molecule has 3 aromatic rings. The number of nitrogens with two attached hydrogens (primary N) is 1. The van der Waals surface area contributed by atoms with Crippen molar-refractivity contribution in [2.75, 3.05) is 11.4 Å². The third kappa shape index (κ3) is 3.23. The highest BCUT2D eigenvalue weighted by molar-refractivity contribution is 5.93. The maximum absolute atomic E-state index is 6.30. The van der Waals surface area contributed by atoms with Gasteiger partial charge in [0.05, 0.1) is 17.3 Å². The Bertz CT molecular complexity index is 953. The van der Waals surface area contributed by atoms with Gasteiger partial charge in [-0.3, -0.25) is 5.10 Å². The van der Waals surface area contributed by atoms with Crippen LogP contribution >= 0.6 is 0 Å². The molecular formula is C20H26N6O. The van der Waals surface area contributed by atoms with Crippen molar-refractivity contribution in [1.29, 1.82) is 0 Å². The fourth-order valence-electron chi connectivity index (χ4n) is 3.75. The van der Waals surface area contributed by atoms with E-state index in [-0.39, 0.29) is 18.2 Å². The normalized spacial score (nSPS) is 22.7. The van der Waals surface area contributed by atoms with Gasteiger partial charge in [-0.25, -0.2) is 9.97 Å². The molecule has 1 saturated heterocycles. The molecule has 1 aromatic carbocycles. The molecule has 3 heterocycles. The van der Waals surface area contributed by atoms with E-state index >= 15 is 0 Å². The summed E-state index contributed by atoms with van der Waals surface area (Å²) in [6.07, 6.45) is 1.72. The first-order chi connectivity index (χ1) is 12.9. The molecule has 142 valence electrons. The molecule has 1 aliphatic heterocycles. The van der Waals surface area contributed by atoms with Crippen LogP contribution < -0.4 is 15.4 Å². The lowest BCUT2D eigenvalue weighted by Gasteiger charge is -2.24. The first-order valence-corrected chi connectivity index (χ1v) is 9.43. The molecule has 1 aliphatic rings. The van der Waals surface area contributed by atoms with Crippen LogP contribution in [0.4, 0.5) is 5.82 Å². The topological polar surface area (TPSA) is 93.0 Å². The fraction of sp³-hybridized carbons (Fsp3) is 0.450. The van der Waals surface area contributed by atoms with Crippen molar-refractivity contribution in [3.8, 4) is 17.1 Å². The molecule has 2 aromatic heterocycles. The van der Waals surface area contributed by atoms with Crippen molar-refractivity contribution in [2.24, 2.45) is 11.7 Å². The van der Waals surface area contributed by atoms with Crippen LogP contribution in [0.5, 0.6) is 5.75 Å². The van der Waals surface area contributed by atoms with Gasteiger partial charge in [-0.15, -0.1) is 0 Å². The SMILES string of the molecule is CC(C)Oc1ccc2[nH]nc(-c3cc(N4C[C@H](C)[C@@H](N)[C@@H]4C)ncn3)c2c1. The standard InChI is InChI=1S/C20H26N6O/c1-11(2)27-14-5-6-16-15(7-14)20(25-24-16)17-8-18(23-10-22-17)26-9-12(3)19(21)13(26)4/h5-8,10-13,19H,9,21H2,1-4H3,(H,24,25)/t12-,13-,19+/m0/s1. The maximum Gasteiger partial charge on any atom is 0.132 e. The third-order valence-electron chi connectivity index (χ3n) is 5.29. The van der Waals surface area contributed by atoms with Gasteiger partial charge in [-0.2, -0.15) is 5.10 Å². The smallest absolute Gasteiger partial charge is 0.132 e. The molecule has 7 heteroatoms. The number of nitrogens with zero attached hydrogens (tertiary/aromatic N) is 4. The number of anilines is 1. The van der Waals surface area contributed by atoms with Gasteiger partial charge in [0, 0.05) is 30.1 Å². The van der Waals surface area contributed by atoms with Gasteiger partial charge in [0.1, 0.15) is 23.6 Å². The summed E-state index contributed by atoms with van der Waals surface area (Å²) in [5.41, 5.74) is 8.83. The molecule has 1 fully saturated rings. The summed E-state index contributed by atoms with van der Waals surface area (Å²) in [6, 6.07) is 8.31. The van der Waals surface area contributed by atoms with Gasteiger partial charge in [0.25, 0.3) is 0 Å². The van der Waals surface area contributed by atoms with E-state index in [1.807, 2.05) is 38.1 Å². The Morgan fingerprint density at radius 3 is 2.74 bits per heavy atom. The van der Waals surface area contributed by atoms with E-state index in [4.69, 9.17) is 10.5 Å². The quantitative estimate of drug-likeness (QED) is 0.737. The zero-order chi connectivity index (χ0) is 19.1. The van der Waals surface area contributed by atoms with E-state index in [2.05, 4.69) is 38.9 Å². The summed E-state index contributed by atoms with van der Waals surface area (Å²) < 4.78 is 5.83. The highest BCUT2D eigenvalue weighted by Gasteiger charge is 2.34. The Kier molecular flexibility index (Phi) is 4.47. The zero-order valence-corrected chi connectivity index (χ0v) is 16.2. The number of nitrogens with one attached hydrogen (secondary N) is 1. The second kappa shape index (κ2) is 6.81. The Morgan fingerprint density at radius 1 is 1.22 bits per heavy atom. The second-order valence-electron chi connectivity index (χ2n) is 7.66. The maximum atomic E-state index is 6.30. The number of benzene rings is 1. The minimum Gasteiger partial charge on any atom is -0.491 e. The number of hydrogen-bond donors (Lipinski definition) is 2. The molecule has 0 radical (unpaired) electrons. The molecule has 27 heavy (non-hydrogen) atoms. The summed E-state index contributed by atoms with van der Waals surface area (Å²) in [7, 11) is 0. The highest BCUT2D eigenvalue weighted by Crippen LogP contribution is 2.32. The van der Waals surface area contributed by atoms with E-state index in [0.717, 1.165) is 40.4 Å². The van der Waals surface area contributed by atoms with E-state index < -0.39 is 0 Å². The molecule has 0 unspecified atom stereocenters. The minimum absolute atomic E-state index is 0.117. The number of hydrogen-bond acceptors (Lipinski definition) is 6. The van der Waals surface area contributed by atoms with Crippen LogP contribution in [-0.2, 0) is 0 Å². The Morgan fingerprint density at radius 2 is 2.04 bits per heavy atom. The van der Waals surface area contributed by atoms with Crippen LogP contribution in [0.15, 0.2) is 30.6 Å². The van der Waals surface area contributed by atoms with Crippen molar-refractivity contribution in [3.05, 3.63) is 30.6 Å². The fourth-order valence-corrected chi connectivity index (χ4v) is 3.75. The van der Waals surface area contributed by atoms with Crippen LogP contribution in [0.25, 0.3) is 22.3 Å². The Hall–Kier alpha value is -2.67. The molecule has 7 nitrogen and oxygen atoms in total. The number of rotatable bonds is 4. The molecular weight excluding hydrogens is 340 g/mol. The Balaban J connectivity index is 1.72. The molecule has 0 amide bonds. The van der Waals surface area contributed by atoms with Crippen LogP contribution in [0.2, 0.25) is 0 Å². The number of aromatic amines is 1. The predicted octanol–water partition coefficient (Wildman–Crippen LogP) is 2.98. The first kappa shape index (κ1) is 17.7.